The van der Waals surface area contributed by atoms with Gasteiger partial charge in [0.2, 0.25) is 17.7 Å². The zero-order valence-electron chi connectivity index (χ0n) is 11.5. The summed E-state index contributed by atoms with van der Waals surface area (Å²) in [5.74, 6) is -1.36. The quantitative estimate of drug-likeness (QED) is 0.583. The molecular weight excluding hydrogens is 244 g/mol. The van der Waals surface area contributed by atoms with Crippen molar-refractivity contribution in [1.29, 1.82) is 0 Å². The fourth-order valence-corrected chi connectivity index (χ4v) is 3.26. The summed E-state index contributed by atoms with van der Waals surface area (Å²) in [6, 6.07) is -0.346. The molecule has 4 atom stereocenters. The van der Waals surface area contributed by atoms with Gasteiger partial charge in [0.25, 0.3) is 0 Å². The molecule has 2 rings (SSSR count). The van der Waals surface area contributed by atoms with Crippen LogP contribution in [0.4, 0.5) is 0 Å². The molecule has 0 aromatic carbocycles. The first kappa shape index (κ1) is 13.8. The Bertz CT molecular complexity index is 456. The SMILES string of the molecule is CCC1=CC(CC)[C@@H]2C(=O)NC(=O)[C@@H]2[C@@H]1NC(C)=O. The Balaban J connectivity index is 2.42. The number of hydrogen-bond acceptors (Lipinski definition) is 3. The van der Waals surface area contributed by atoms with Gasteiger partial charge in [0.05, 0.1) is 17.9 Å². The van der Waals surface area contributed by atoms with Crippen molar-refractivity contribution in [3.05, 3.63) is 11.6 Å². The monoisotopic (exact) mass is 264 g/mol. The van der Waals surface area contributed by atoms with Gasteiger partial charge in [-0.1, -0.05) is 25.5 Å². The lowest BCUT2D eigenvalue weighted by atomic mass is 9.70. The third-order valence-electron chi connectivity index (χ3n) is 4.13. The zero-order valence-corrected chi connectivity index (χ0v) is 11.5. The van der Waals surface area contributed by atoms with Crippen LogP contribution in [-0.2, 0) is 14.4 Å². The first-order chi connectivity index (χ1) is 8.99. The Morgan fingerprint density at radius 3 is 2.42 bits per heavy atom. The van der Waals surface area contributed by atoms with E-state index in [0.717, 1.165) is 18.4 Å². The Hall–Kier alpha value is -1.65. The number of imide groups is 1. The average Bonchev–Trinajstić information content (AvgIpc) is 2.65. The summed E-state index contributed by atoms with van der Waals surface area (Å²) in [6.07, 6.45) is 3.66. The summed E-state index contributed by atoms with van der Waals surface area (Å²) < 4.78 is 0. The molecule has 1 aliphatic heterocycles. The predicted octanol–water partition coefficient (Wildman–Crippen LogP) is 0.756. The molecule has 0 radical (unpaired) electrons. The molecule has 1 heterocycles. The third-order valence-corrected chi connectivity index (χ3v) is 4.13. The second kappa shape index (κ2) is 5.15. The molecule has 1 aliphatic carbocycles. The van der Waals surface area contributed by atoms with Gasteiger partial charge in [0.1, 0.15) is 0 Å². The number of hydrogen-bond donors (Lipinski definition) is 2. The molecule has 1 unspecified atom stereocenters. The summed E-state index contributed by atoms with van der Waals surface area (Å²) in [4.78, 5) is 35.3. The molecule has 0 aromatic rings. The van der Waals surface area contributed by atoms with Crippen molar-refractivity contribution in [2.75, 3.05) is 0 Å². The molecule has 5 nitrogen and oxygen atoms in total. The van der Waals surface area contributed by atoms with E-state index < -0.39 is 5.92 Å². The molecule has 104 valence electrons. The van der Waals surface area contributed by atoms with Gasteiger partial charge in [0.15, 0.2) is 0 Å². The van der Waals surface area contributed by atoms with Crippen LogP contribution in [0.1, 0.15) is 33.6 Å². The maximum Gasteiger partial charge on any atom is 0.232 e. The van der Waals surface area contributed by atoms with Crippen molar-refractivity contribution >= 4 is 17.7 Å². The van der Waals surface area contributed by atoms with Gasteiger partial charge in [-0.15, -0.1) is 0 Å². The molecule has 0 saturated carbocycles. The van der Waals surface area contributed by atoms with Gasteiger partial charge >= 0.3 is 0 Å². The molecule has 0 spiro atoms. The van der Waals surface area contributed by atoms with E-state index in [9.17, 15) is 14.4 Å². The Morgan fingerprint density at radius 1 is 1.26 bits per heavy atom. The number of carbonyl (C=O) groups is 3. The van der Waals surface area contributed by atoms with Gasteiger partial charge < -0.3 is 5.32 Å². The molecule has 5 heteroatoms. The van der Waals surface area contributed by atoms with Crippen LogP contribution in [0, 0.1) is 17.8 Å². The van der Waals surface area contributed by atoms with E-state index in [1.165, 1.54) is 6.92 Å². The molecule has 1 fully saturated rings. The van der Waals surface area contributed by atoms with Gasteiger partial charge in [-0.3, -0.25) is 19.7 Å². The summed E-state index contributed by atoms with van der Waals surface area (Å²) in [5.41, 5.74) is 1.05. The van der Waals surface area contributed by atoms with Crippen molar-refractivity contribution in [3.63, 3.8) is 0 Å². The highest BCUT2D eigenvalue weighted by Crippen LogP contribution is 2.40. The minimum Gasteiger partial charge on any atom is -0.349 e. The maximum atomic E-state index is 12.0. The molecular formula is C14H20N2O3. The first-order valence-corrected chi connectivity index (χ1v) is 6.82. The van der Waals surface area contributed by atoms with Crippen LogP contribution in [0.15, 0.2) is 11.6 Å². The van der Waals surface area contributed by atoms with Gasteiger partial charge in [-0.25, -0.2) is 0 Å². The van der Waals surface area contributed by atoms with E-state index in [2.05, 4.69) is 16.7 Å². The minimum atomic E-state index is -0.457. The van der Waals surface area contributed by atoms with Crippen molar-refractivity contribution in [2.24, 2.45) is 17.8 Å². The zero-order chi connectivity index (χ0) is 14.2. The highest BCUT2D eigenvalue weighted by molar-refractivity contribution is 6.06. The van der Waals surface area contributed by atoms with Crippen molar-refractivity contribution < 1.29 is 14.4 Å². The van der Waals surface area contributed by atoms with Crippen molar-refractivity contribution in [2.45, 2.75) is 39.7 Å². The highest BCUT2D eigenvalue weighted by Gasteiger charge is 2.51. The average molecular weight is 264 g/mol. The van der Waals surface area contributed by atoms with E-state index in [0.29, 0.717) is 0 Å². The molecule has 0 aromatic heterocycles. The van der Waals surface area contributed by atoms with Crippen LogP contribution in [0.25, 0.3) is 0 Å². The molecule has 1 saturated heterocycles. The van der Waals surface area contributed by atoms with Crippen LogP contribution in [0.3, 0.4) is 0 Å². The van der Waals surface area contributed by atoms with Crippen LogP contribution in [-0.4, -0.2) is 23.8 Å². The smallest absolute Gasteiger partial charge is 0.232 e. The molecule has 0 bridgehead atoms. The second-order valence-electron chi connectivity index (χ2n) is 5.25. The van der Waals surface area contributed by atoms with Crippen LogP contribution < -0.4 is 10.6 Å². The van der Waals surface area contributed by atoms with Crippen LogP contribution in [0.2, 0.25) is 0 Å². The summed E-state index contributed by atoms with van der Waals surface area (Å²) in [6.45, 7) is 5.45. The van der Waals surface area contributed by atoms with E-state index in [4.69, 9.17) is 0 Å². The predicted molar refractivity (Wildman–Crippen MR) is 69.9 cm³/mol. The van der Waals surface area contributed by atoms with Crippen LogP contribution >= 0.6 is 0 Å². The molecule has 2 N–H and O–H groups in total. The molecule has 19 heavy (non-hydrogen) atoms. The molecule has 2 aliphatic rings. The van der Waals surface area contributed by atoms with Gasteiger partial charge in [0, 0.05) is 6.92 Å². The van der Waals surface area contributed by atoms with E-state index in [1.807, 2.05) is 13.8 Å². The Kier molecular flexibility index (Phi) is 3.73. The number of allylic oxidation sites excluding steroid dienone is 1. The number of nitrogens with one attached hydrogen (secondary N) is 2. The summed E-state index contributed by atoms with van der Waals surface area (Å²) >= 11 is 0. The van der Waals surface area contributed by atoms with Crippen molar-refractivity contribution in [3.8, 4) is 0 Å². The normalized spacial score (nSPS) is 33.5. The van der Waals surface area contributed by atoms with E-state index in [1.54, 1.807) is 0 Å². The Morgan fingerprint density at radius 2 is 1.89 bits per heavy atom. The third kappa shape index (κ3) is 2.29. The number of rotatable bonds is 3. The van der Waals surface area contributed by atoms with Crippen LogP contribution in [0.5, 0.6) is 0 Å². The summed E-state index contributed by atoms with van der Waals surface area (Å²) in [5, 5.41) is 5.24. The first-order valence-electron chi connectivity index (χ1n) is 6.82. The van der Waals surface area contributed by atoms with E-state index >= 15 is 0 Å². The van der Waals surface area contributed by atoms with E-state index in [-0.39, 0.29) is 35.6 Å². The number of amides is 3. The lowest BCUT2D eigenvalue weighted by molar-refractivity contribution is -0.126. The summed E-state index contributed by atoms with van der Waals surface area (Å²) in [7, 11) is 0. The largest absolute Gasteiger partial charge is 0.349 e. The second-order valence-corrected chi connectivity index (χ2v) is 5.25. The highest BCUT2D eigenvalue weighted by atomic mass is 16.2. The fraction of sp³-hybridized carbons (Fsp3) is 0.643. The number of carbonyl (C=O) groups excluding carboxylic acids is 3. The standard InChI is InChI=1S/C14H20N2O3/c1-4-8-6-9(5-2)12(15-7(3)17)11-10(8)13(18)16-14(11)19/h6,8,10-12H,4-5H2,1-3H3,(H,15,17)(H,16,18,19)/t8?,10-,11-,12+/m0/s1. The lowest BCUT2D eigenvalue weighted by Crippen LogP contribution is -2.49. The lowest BCUT2D eigenvalue weighted by Gasteiger charge is -2.36. The van der Waals surface area contributed by atoms with Gasteiger partial charge in [-0.05, 0) is 18.8 Å². The maximum absolute atomic E-state index is 12.0. The van der Waals surface area contributed by atoms with Gasteiger partial charge in [-0.2, -0.15) is 0 Å². The topological polar surface area (TPSA) is 75.3 Å². The number of fused-ring (bicyclic) bond motifs is 1. The van der Waals surface area contributed by atoms with Crippen molar-refractivity contribution in [1.82, 2.24) is 10.6 Å². The Labute approximate surface area is 112 Å². The minimum absolute atomic E-state index is 0.0800. The fourth-order valence-electron chi connectivity index (χ4n) is 3.26. The molecule has 3 amide bonds.